The van der Waals surface area contributed by atoms with Gasteiger partial charge < -0.3 is 14.2 Å². The van der Waals surface area contributed by atoms with Gasteiger partial charge in [-0.3, -0.25) is 4.79 Å². The molecule has 1 unspecified atom stereocenters. The molecule has 0 bridgehead atoms. The molecular weight excluding hydrogens is 296 g/mol. The van der Waals surface area contributed by atoms with E-state index < -0.39 is 0 Å². The minimum atomic E-state index is -0.165. The van der Waals surface area contributed by atoms with Gasteiger partial charge in [0, 0.05) is 0 Å². The summed E-state index contributed by atoms with van der Waals surface area (Å²) in [6.07, 6.45) is 2.21. The van der Waals surface area contributed by atoms with E-state index in [0.29, 0.717) is 18.1 Å². The van der Waals surface area contributed by atoms with Gasteiger partial charge in [0.25, 0.3) is 0 Å². The Hall–Kier alpha value is -2.37. The van der Waals surface area contributed by atoms with E-state index in [0.717, 1.165) is 29.5 Å². The maximum atomic E-state index is 11.6. The van der Waals surface area contributed by atoms with Crippen molar-refractivity contribution in [3.05, 3.63) is 24.0 Å². The van der Waals surface area contributed by atoms with Crippen LogP contribution >= 0.6 is 0 Å². The topological polar surface area (TPSA) is 70.5 Å². The van der Waals surface area contributed by atoms with E-state index in [2.05, 4.69) is 9.97 Å². The first-order chi connectivity index (χ1) is 11.1. The molecule has 1 aliphatic rings. The number of hydrogen-bond acceptors (Lipinski definition) is 6. The summed E-state index contributed by atoms with van der Waals surface area (Å²) < 4.78 is 16.2. The van der Waals surface area contributed by atoms with Crippen LogP contribution in [0, 0.1) is 12.8 Å². The van der Waals surface area contributed by atoms with Crippen LogP contribution in [0.4, 0.5) is 0 Å². The third-order valence-electron chi connectivity index (χ3n) is 4.18. The van der Waals surface area contributed by atoms with Crippen molar-refractivity contribution in [2.45, 2.75) is 32.3 Å². The summed E-state index contributed by atoms with van der Waals surface area (Å²) in [5.41, 5.74) is 0.816. The Balaban J connectivity index is 1.86. The zero-order chi connectivity index (χ0) is 16.4. The van der Waals surface area contributed by atoms with Gasteiger partial charge in [-0.25, -0.2) is 4.98 Å². The second-order valence-corrected chi connectivity index (χ2v) is 5.73. The van der Waals surface area contributed by atoms with Gasteiger partial charge in [0.2, 0.25) is 5.88 Å². The lowest BCUT2D eigenvalue weighted by molar-refractivity contribution is -0.145. The van der Waals surface area contributed by atoms with Crippen LogP contribution in [0.5, 0.6) is 11.6 Å². The molecule has 1 aromatic carbocycles. The van der Waals surface area contributed by atoms with Gasteiger partial charge in [0.15, 0.2) is 0 Å². The van der Waals surface area contributed by atoms with Crippen molar-refractivity contribution in [1.82, 2.24) is 9.97 Å². The van der Waals surface area contributed by atoms with Gasteiger partial charge >= 0.3 is 5.97 Å². The smallest absolute Gasteiger partial charge is 0.308 e. The first-order valence-corrected chi connectivity index (χ1v) is 7.67. The molecular formula is C17H20N2O4. The minimum absolute atomic E-state index is 0.0391. The van der Waals surface area contributed by atoms with Gasteiger partial charge in [-0.15, -0.1) is 0 Å². The molecule has 6 nitrogen and oxygen atoms in total. The summed E-state index contributed by atoms with van der Waals surface area (Å²) in [7, 11) is 3.04. The molecule has 122 valence electrons. The van der Waals surface area contributed by atoms with Gasteiger partial charge in [-0.05, 0) is 44.4 Å². The minimum Gasteiger partial charge on any atom is -0.497 e. The molecule has 1 fully saturated rings. The molecule has 6 heteroatoms. The van der Waals surface area contributed by atoms with Crippen molar-refractivity contribution >= 4 is 16.9 Å². The number of methoxy groups -OCH3 is 2. The van der Waals surface area contributed by atoms with Crippen molar-refractivity contribution < 1.29 is 19.0 Å². The van der Waals surface area contributed by atoms with Gasteiger partial charge in [0.1, 0.15) is 17.7 Å². The standard InChI is InChI=1S/C17H20N2O4/c1-10-18-15-7-6-12(21-2)9-14(15)16(19-10)23-13-5-4-11(8-13)17(20)22-3/h6-7,9,11,13H,4-5,8H2,1-3H3/t11?,13-/m0/s1. The second-order valence-electron chi connectivity index (χ2n) is 5.73. The van der Waals surface area contributed by atoms with Crippen LogP contribution < -0.4 is 9.47 Å². The molecule has 1 saturated carbocycles. The quantitative estimate of drug-likeness (QED) is 0.808. The number of esters is 1. The second kappa shape index (κ2) is 6.40. The van der Waals surface area contributed by atoms with Crippen LogP contribution in [0.3, 0.4) is 0 Å². The molecule has 0 N–H and O–H groups in total. The van der Waals surface area contributed by atoms with Crippen LogP contribution in [0.2, 0.25) is 0 Å². The highest BCUT2D eigenvalue weighted by Crippen LogP contribution is 2.33. The first kappa shape index (κ1) is 15.5. The number of rotatable bonds is 4. The number of benzene rings is 1. The van der Waals surface area contributed by atoms with Crippen LogP contribution in [-0.2, 0) is 9.53 Å². The highest BCUT2D eigenvalue weighted by atomic mass is 16.5. The molecule has 3 rings (SSSR count). The predicted molar refractivity (Wildman–Crippen MR) is 84.6 cm³/mol. The molecule has 0 saturated heterocycles. The maximum Gasteiger partial charge on any atom is 0.308 e. The van der Waals surface area contributed by atoms with Crippen molar-refractivity contribution in [1.29, 1.82) is 0 Å². The molecule has 1 aromatic heterocycles. The average Bonchev–Trinajstić information content (AvgIpc) is 3.02. The summed E-state index contributed by atoms with van der Waals surface area (Å²) in [4.78, 5) is 20.5. The summed E-state index contributed by atoms with van der Waals surface area (Å²) in [5, 5.41) is 0.816. The summed E-state index contributed by atoms with van der Waals surface area (Å²) in [5.74, 6) is 1.67. The summed E-state index contributed by atoms with van der Waals surface area (Å²) in [6, 6.07) is 5.62. The van der Waals surface area contributed by atoms with Crippen LogP contribution in [0.15, 0.2) is 18.2 Å². The fraction of sp³-hybridized carbons (Fsp3) is 0.471. The van der Waals surface area contributed by atoms with E-state index in [1.54, 1.807) is 7.11 Å². The zero-order valence-corrected chi connectivity index (χ0v) is 13.5. The Morgan fingerprint density at radius 2 is 2.04 bits per heavy atom. The van der Waals surface area contributed by atoms with E-state index in [1.165, 1.54) is 7.11 Å². The van der Waals surface area contributed by atoms with E-state index in [9.17, 15) is 4.79 Å². The van der Waals surface area contributed by atoms with E-state index in [4.69, 9.17) is 14.2 Å². The molecule has 0 amide bonds. The van der Waals surface area contributed by atoms with Crippen LogP contribution in [0.25, 0.3) is 10.9 Å². The lowest BCUT2D eigenvalue weighted by Crippen LogP contribution is -2.17. The normalized spacial score (nSPS) is 20.5. The lowest BCUT2D eigenvalue weighted by atomic mass is 10.1. The maximum absolute atomic E-state index is 11.6. The SMILES string of the molecule is COC(=O)C1CC[C@H](Oc2nc(C)nc3ccc(OC)cc23)C1. The van der Waals surface area contributed by atoms with Crippen LogP contribution in [0.1, 0.15) is 25.1 Å². The molecule has 0 aliphatic heterocycles. The fourth-order valence-corrected chi connectivity index (χ4v) is 2.99. The molecule has 0 radical (unpaired) electrons. The summed E-state index contributed by atoms with van der Waals surface area (Å²) >= 11 is 0. The molecule has 1 heterocycles. The Kier molecular flexibility index (Phi) is 4.32. The van der Waals surface area contributed by atoms with Gasteiger partial charge in [-0.2, -0.15) is 4.98 Å². The third-order valence-corrected chi connectivity index (χ3v) is 4.18. The molecule has 0 spiro atoms. The first-order valence-electron chi connectivity index (χ1n) is 7.67. The number of ether oxygens (including phenoxy) is 3. The highest BCUT2D eigenvalue weighted by Gasteiger charge is 2.32. The molecule has 2 aromatic rings. The number of nitrogens with zero attached hydrogens (tertiary/aromatic N) is 2. The number of carbonyl (C=O) groups excluding carboxylic acids is 1. The Morgan fingerprint density at radius 1 is 1.22 bits per heavy atom. The van der Waals surface area contributed by atoms with Gasteiger partial charge in [0.05, 0.1) is 31.0 Å². The van der Waals surface area contributed by atoms with E-state index in [-0.39, 0.29) is 18.0 Å². The number of hydrogen-bond donors (Lipinski definition) is 0. The van der Waals surface area contributed by atoms with Crippen molar-refractivity contribution in [2.75, 3.05) is 14.2 Å². The highest BCUT2D eigenvalue weighted by molar-refractivity contribution is 5.85. The molecule has 23 heavy (non-hydrogen) atoms. The number of aromatic nitrogens is 2. The van der Waals surface area contributed by atoms with Gasteiger partial charge in [-0.1, -0.05) is 0 Å². The van der Waals surface area contributed by atoms with Crippen molar-refractivity contribution in [3.63, 3.8) is 0 Å². The monoisotopic (exact) mass is 316 g/mol. The fourth-order valence-electron chi connectivity index (χ4n) is 2.99. The largest absolute Gasteiger partial charge is 0.497 e. The number of aryl methyl sites for hydroxylation is 1. The third kappa shape index (κ3) is 3.21. The number of fused-ring (bicyclic) bond motifs is 1. The zero-order valence-electron chi connectivity index (χ0n) is 13.5. The predicted octanol–water partition coefficient (Wildman–Crippen LogP) is 2.67. The summed E-state index contributed by atoms with van der Waals surface area (Å²) in [6.45, 7) is 1.84. The van der Waals surface area contributed by atoms with E-state index in [1.807, 2.05) is 25.1 Å². The van der Waals surface area contributed by atoms with Crippen LogP contribution in [-0.4, -0.2) is 36.3 Å². The Morgan fingerprint density at radius 3 is 2.78 bits per heavy atom. The average molecular weight is 316 g/mol. The Labute approximate surface area is 134 Å². The van der Waals surface area contributed by atoms with E-state index >= 15 is 0 Å². The molecule has 1 aliphatic carbocycles. The lowest BCUT2D eigenvalue weighted by Gasteiger charge is -2.15. The van der Waals surface area contributed by atoms with Crippen molar-refractivity contribution in [3.8, 4) is 11.6 Å². The van der Waals surface area contributed by atoms with Crippen molar-refractivity contribution in [2.24, 2.45) is 5.92 Å². The molecule has 2 atom stereocenters. The number of carbonyl (C=O) groups is 1. The Bertz CT molecular complexity index is 732.